The topological polar surface area (TPSA) is 21.3 Å². The lowest BCUT2D eigenvalue weighted by atomic mass is 9.79. The highest BCUT2D eigenvalue weighted by atomic mass is 32.2. The Morgan fingerprint density at radius 2 is 2.20 bits per heavy atom. The highest BCUT2D eigenvalue weighted by Crippen LogP contribution is 2.43. The fraction of sp³-hybridized carbons (Fsp3) is 0.625. The van der Waals surface area contributed by atoms with Crippen molar-refractivity contribution >= 4 is 11.8 Å². The average Bonchev–Trinajstić information content (AvgIpc) is 2.90. The molecule has 2 aliphatic heterocycles. The zero-order valence-electron chi connectivity index (χ0n) is 11.9. The first-order chi connectivity index (χ1) is 9.72. The Labute approximate surface area is 124 Å². The average molecular weight is 295 g/mol. The smallest absolute Gasteiger partial charge is 0.123 e. The number of benzene rings is 1. The van der Waals surface area contributed by atoms with Crippen LogP contribution in [0.3, 0.4) is 0 Å². The van der Waals surface area contributed by atoms with Crippen LogP contribution in [0.1, 0.15) is 30.9 Å². The van der Waals surface area contributed by atoms with Crippen molar-refractivity contribution in [3.8, 4) is 0 Å². The monoisotopic (exact) mass is 295 g/mol. The lowest BCUT2D eigenvalue weighted by molar-refractivity contribution is -0.0850. The van der Waals surface area contributed by atoms with Gasteiger partial charge in [-0.2, -0.15) is 11.8 Å². The standard InChI is InChI=1S/C16H22FNOS/c1-18-15(12-2-4-14(17)5-3-12)13-6-8-19-16(10-13)7-9-20-11-16/h2-5,13,15,18H,6-11H2,1H3. The minimum Gasteiger partial charge on any atom is -0.374 e. The zero-order chi connectivity index (χ0) is 14.0. The Hall–Kier alpha value is -0.580. The van der Waals surface area contributed by atoms with Crippen molar-refractivity contribution in [2.75, 3.05) is 25.2 Å². The molecule has 1 aromatic carbocycles. The summed E-state index contributed by atoms with van der Waals surface area (Å²) in [7, 11) is 2.00. The molecule has 1 N–H and O–H groups in total. The SMILES string of the molecule is CNC(c1ccc(F)cc1)C1CCOC2(CCSC2)C1. The van der Waals surface area contributed by atoms with Gasteiger partial charge in [0.15, 0.2) is 0 Å². The van der Waals surface area contributed by atoms with E-state index in [-0.39, 0.29) is 11.4 Å². The molecular formula is C16H22FNOS. The van der Waals surface area contributed by atoms with E-state index in [2.05, 4.69) is 5.32 Å². The summed E-state index contributed by atoms with van der Waals surface area (Å²) in [6, 6.07) is 7.21. The summed E-state index contributed by atoms with van der Waals surface area (Å²) in [6.45, 7) is 0.852. The first-order valence-corrected chi connectivity index (χ1v) is 8.52. The van der Waals surface area contributed by atoms with Gasteiger partial charge in [-0.1, -0.05) is 12.1 Å². The Bertz CT molecular complexity index is 444. The molecule has 2 aliphatic rings. The molecule has 2 nitrogen and oxygen atoms in total. The minimum absolute atomic E-state index is 0.0999. The molecule has 110 valence electrons. The number of nitrogens with one attached hydrogen (secondary N) is 1. The lowest BCUT2D eigenvalue weighted by Crippen LogP contribution is -2.43. The summed E-state index contributed by atoms with van der Waals surface area (Å²) in [4.78, 5) is 0. The van der Waals surface area contributed by atoms with Crippen LogP contribution in [0.15, 0.2) is 24.3 Å². The van der Waals surface area contributed by atoms with E-state index >= 15 is 0 Å². The molecule has 0 bridgehead atoms. The van der Waals surface area contributed by atoms with Crippen molar-refractivity contribution < 1.29 is 9.13 Å². The summed E-state index contributed by atoms with van der Waals surface area (Å²) >= 11 is 2.00. The third kappa shape index (κ3) is 2.87. The molecule has 0 aliphatic carbocycles. The molecule has 0 saturated carbocycles. The van der Waals surface area contributed by atoms with Crippen molar-refractivity contribution in [2.24, 2.45) is 5.92 Å². The number of rotatable bonds is 3. The lowest BCUT2D eigenvalue weighted by Gasteiger charge is -2.41. The van der Waals surface area contributed by atoms with Gasteiger partial charge in [0.25, 0.3) is 0 Å². The third-order valence-corrected chi connectivity index (χ3v) is 5.83. The van der Waals surface area contributed by atoms with E-state index in [0.29, 0.717) is 12.0 Å². The fourth-order valence-electron chi connectivity index (χ4n) is 3.56. The van der Waals surface area contributed by atoms with Crippen LogP contribution in [0.5, 0.6) is 0 Å². The van der Waals surface area contributed by atoms with Crippen LogP contribution in [0.2, 0.25) is 0 Å². The van der Waals surface area contributed by atoms with Gasteiger partial charge in [0.1, 0.15) is 5.82 Å². The summed E-state index contributed by atoms with van der Waals surface area (Å²) in [5, 5.41) is 3.43. The van der Waals surface area contributed by atoms with E-state index in [1.165, 1.54) is 17.7 Å². The van der Waals surface area contributed by atoms with Gasteiger partial charge in [-0.15, -0.1) is 0 Å². The predicted molar refractivity (Wildman–Crippen MR) is 81.5 cm³/mol. The quantitative estimate of drug-likeness (QED) is 0.923. The minimum atomic E-state index is -0.167. The summed E-state index contributed by atoms with van der Waals surface area (Å²) in [5.41, 5.74) is 1.28. The predicted octanol–water partition coefficient (Wildman–Crippen LogP) is 3.39. The number of hydrogen-bond donors (Lipinski definition) is 1. The van der Waals surface area contributed by atoms with Crippen LogP contribution < -0.4 is 5.32 Å². The maximum Gasteiger partial charge on any atom is 0.123 e. The van der Waals surface area contributed by atoms with Crippen LogP contribution in [0.25, 0.3) is 0 Å². The molecule has 3 atom stereocenters. The molecule has 20 heavy (non-hydrogen) atoms. The van der Waals surface area contributed by atoms with Gasteiger partial charge in [0.05, 0.1) is 5.60 Å². The van der Waals surface area contributed by atoms with Crippen molar-refractivity contribution in [3.63, 3.8) is 0 Å². The molecule has 3 unspecified atom stereocenters. The van der Waals surface area contributed by atoms with Crippen LogP contribution in [0, 0.1) is 11.7 Å². The maximum absolute atomic E-state index is 13.1. The highest BCUT2D eigenvalue weighted by Gasteiger charge is 2.42. The summed E-state index contributed by atoms with van der Waals surface area (Å²) in [6.07, 6.45) is 3.37. The van der Waals surface area contributed by atoms with Crippen molar-refractivity contribution in [1.29, 1.82) is 0 Å². The number of ether oxygens (including phenoxy) is 1. The molecule has 2 heterocycles. The van der Waals surface area contributed by atoms with E-state index in [4.69, 9.17) is 4.74 Å². The summed E-state index contributed by atoms with van der Waals surface area (Å²) < 4.78 is 19.2. The Kier molecular flexibility index (Phi) is 4.34. The van der Waals surface area contributed by atoms with E-state index in [1.807, 2.05) is 30.9 Å². The molecule has 2 saturated heterocycles. The second-order valence-electron chi connectivity index (χ2n) is 5.90. The van der Waals surface area contributed by atoms with Crippen LogP contribution in [0.4, 0.5) is 4.39 Å². The van der Waals surface area contributed by atoms with Gasteiger partial charge in [-0.05, 0) is 55.7 Å². The molecule has 4 heteroatoms. The van der Waals surface area contributed by atoms with Crippen LogP contribution in [-0.2, 0) is 4.74 Å². The van der Waals surface area contributed by atoms with E-state index in [0.717, 1.165) is 25.2 Å². The molecule has 2 fully saturated rings. The molecule has 3 rings (SSSR count). The van der Waals surface area contributed by atoms with Crippen LogP contribution >= 0.6 is 11.8 Å². The van der Waals surface area contributed by atoms with Crippen molar-refractivity contribution in [3.05, 3.63) is 35.6 Å². The molecular weight excluding hydrogens is 273 g/mol. The Morgan fingerprint density at radius 3 is 2.85 bits per heavy atom. The second kappa shape index (κ2) is 6.04. The second-order valence-corrected chi connectivity index (χ2v) is 7.01. The highest BCUT2D eigenvalue weighted by molar-refractivity contribution is 7.99. The van der Waals surface area contributed by atoms with Crippen molar-refractivity contribution in [2.45, 2.75) is 30.9 Å². The molecule has 1 aromatic rings. The molecule has 1 spiro atoms. The fourth-order valence-corrected chi connectivity index (χ4v) is 4.94. The summed E-state index contributed by atoms with van der Waals surface area (Å²) in [5.74, 6) is 2.74. The number of hydrogen-bond acceptors (Lipinski definition) is 3. The molecule has 0 aromatic heterocycles. The Morgan fingerprint density at radius 1 is 1.40 bits per heavy atom. The van der Waals surface area contributed by atoms with E-state index < -0.39 is 0 Å². The van der Waals surface area contributed by atoms with E-state index in [9.17, 15) is 4.39 Å². The van der Waals surface area contributed by atoms with Crippen molar-refractivity contribution in [1.82, 2.24) is 5.32 Å². The number of thioether (sulfide) groups is 1. The van der Waals surface area contributed by atoms with Gasteiger partial charge >= 0.3 is 0 Å². The Balaban J connectivity index is 1.76. The first kappa shape index (κ1) is 14.4. The van der Waals surface area contributed by atoms with E-state index in [1.54, 1.807) is 12.1 Å². The van der Waals surface area contributed by atoms with Crippen LogP contribution in [-0.4, -0.2) is 30.8 Å². The van der Waals surface area contributed by atoms with Gasteiger partial charge in [0.2, 0.25) is 0 Å². The first-order valence-electron chi connectivity index (χ1n) is 7.37. The molecule has 0 amide bonds. The molecule has 0 radical (unpaired) electrons. The maximum atomic E-state index is 13.1. The van der Waals surface area contributed by atoms with Gasteiger partial charge in [0, 0.05) is 18.4 Å². The van der Waals surface area contributed by atoms with Gasteiger partial charge < -0.3 is 10.1 Å². The normalized spacial score (nSPS) is 31.6. The van der Waals surface area contributed by atoms with Gasteiger partial charge in [-0.25, -0.2) is 4.39 Å². The number of halogens is 1. The third-order valence-electron chi connectivity index (χ3n) is 4.61. The largest absolute Gasteiger partial charge is 0.374 e. The van der Waals surface area contributed by atoms with Gasteiger partial charge in [-0.3, -0.25) is 0 Å². The zero-order valence-corrected chi connectivity index (χ0v) is 12.7.